The second-order valence-electron chi connectivity index (χ2n) is 5.10. The number of aromatic nitrogens is 2. The smallest absolute Gasteiger partial charge is 0.221 e. The second kappa shape index (κ2) is 6.34. The summed E-state index contributed by atoms with van der Waals surface area (Å²) in [5.41, 5.74) is 0.656. The first-order valence-electron chi connectivity index (χ1n) is 6.05. The van der Waals surface area contributed by atoms with Crippen LogP contribution in [0.4, 0.5) is 0 Å². The molecular weight excluding hydrogens is 252 g/mol. The van der Waals surface area contributed by atoms with Crippen molar-refractivity contribution >= 4 is 11.6 Å². The molecule has 0 fully saturated rings. The van der Waals surface area contributed by atoms with E-state index in [-0.39, 0.29) is 11.5 Å². The zero-order valence-electron chi connectivity index (χ0n) is 11.7. The Morgan fingerprint density at radius 1 is 1.33 bits per heavy atom. The van der Waals surface area contributed by atoms with E-state index in [1.807, 2.05) is 27.7 Å². The summed E-state index contributed by atoms with van der Waals surface area (Å²) in [5, 5.41) is 0.459. The minimum Gasteiger partial charge on any atom is -0.477 e. The van der Waals surface area contributed by atoms with Crippen LogP contribution in [-0.2, 0) is 4.74 Å². The minimum atomic E-state index is -0.200. The van der Waals surface area contributed by atoms with Crippen molar-refractivity contribution in [2.45, 2.75) is 45.6 Å². The summed E-state index contributed by atoms with van der Waals surface area (Å²) < 4.78 is 11.0. The third-order valence-corrected chi connectivity index (χ3v) is 3.17. The van der Waals surface area contributed by atoms with Gasteiger partial charge in [0.15, 0.2) is 0 Å². The van der Waals surface area contributed by atoms with Crippen LogP contribution in [0.25, 0.3) is 0 Å². The van der Waals surface area contributed by atoms with E-state index in [0.29, 0.717) is 17.6 Å². The lowest BCUT2D eigenvalue weighted by atomic mass is 10.1. The molecule has 1 aromatic rings. The van der Waals surface area contributed by atoms with Crippen LogP contribution < -0.4 is 4.74 Å². The number of rotatable bonds is 6. The van der Waals surface area contributed by atoms with Gasteiger partial charge in [-0.05, 0) is 19.8 Å². The van der Waals surface area contributed by atoms with Gasteiger partial charge in [0, 0.05) is 13.5 Å². The van der Waals surface area contributed by atoms with E-state index < -0.39 is 0 Å². The standard InChI is InChI=1S/C13H21ClN2O2/c1-9(2)10-11(14)15-8-16-12(10)18-7-6-13(3,4)17-5/h8-9H,6-7H2,1-5H3. The predicted molar refractivity (Wildman–Crippen MR) is 72.3 cm³/mol. The highest BCUT2D eigenvalue weighted by Crippen LogP contribution is 2.29. The molecule has 1 aromatic heterocycles. The van der Waals surface area contributed by atoms with Gasteiger partial charge < -0.3 is 9.47 Å². The molecule has 1 rings (SSSR count). The summed E-state index contributed by atoms with van der Waals surface area (Å²) in [4.78, 5) is 8.13. The zero-order chi connectivity index (χ0) is 13.8. The van der Waals surface area contributed by atoms with Crippen LogP contribution in [0.1, 0.15) is 45.6 Å². The Hall–Kier alpha value is -0.870. The first kappa shape index (κ1) is 15.2. The fourth-order valence-electron chi connectivity index (χ4n) is 1.46. The molecule has 0 saturated heterocycles. The van der Waals surface area contributed by atoms with Crippen LogP contribution in [0.15, 0.2) is 6.33 Å². The Balaban J connectivity index is 2.71. The maximum absolute atomic E-state index is 6.06. The number of nitrogens with zero attached hydrogens (tertiary/aromatic N) is 2. The summed E-state index contributed by atoms with van der Waals surface area (Å²) in [6.07, 6.45) is 2.20. The van der Waals surface area contributed by atoms with E-state index in [4.69, 9.17) is 21.1 Å². The van der Waals surface area contributed by atoms with Crippen molar-refractivity contribution in [1.29, 1.82) is 0 Å². The predicted octanol–water partition coefficient (Wildman–Crippen LogP) is 3.45. The molecule has 0 aliphatic rings. The van der Waals surface area contributed by atoms with Gasteiger partial charge in [0.2, 0.25) is 5.88 Å². The van der Waals surface area contributed by atoms with Crippen molar-refractivity contribution in [2.24, 2.45) is 0 Å². The van der Waals surface area contributed by atoms with E-state index >= 15 is 0 Å². The molecule has 4 nitrogen and oxygen atoms in total. The van der Waals surface area contributed by atoms with Crippen molar-refractivity contribution < 1.29 is 9.47 Å². The lowest BCUT2D eigenvalue weighted by Gasteiger charge is -2.23. The molecule has 0 bridgehead atoms. The topological polar surface area (TPSA) is 44.2 Å². The maximum Gasteiger partial charge on any atom is 0.221 e. The van der Waals surface area contributed by atoms with Crippen molar-refractivity contribution in [3.8, 4) is 5.88 Å². The molecule has 0 aliphatic heterocycles. The number of ether oxygens (including phenoxy) is 2. The van der Waals surface area contributed by atoms with E-state index in [9.17, 15) is 0 Å². The summed E-state index contributed by atoms with van der Waals surface area (Å²) in [6.45, 7) is 8.65. The van der Waals surface area contributed by atoms with Crippen LogP contribution in [0.2, 0.25) is 5.15 Å². The summed E-state index contributed by atoms with van der Waals surface area (Å²) in [6, 6.07) is 0. The van der Waals surface area contributed by atoms with Crippen molar-refractivity contribution in [3.05, 3.63) is 17.0 Å². The highest BCUT2D eigenvalue weighted by molar-refractivity contribution is 6.30. The Morgan fingerprint density at radius 2 is 2.00 bits per heavy atom. The number of hydrogen-bond donors (Lipinski definition) is 0. The van der Waals surface area contributed by atoms with Gasteiger partial charge in [-0.1, -0.05) is 25.4 Å². The molecule has 5 heteroatoms. The average molecular weight is 273 g/mol. The van der Waals surface area contributed by atoms with Crippen LogP contribution in [0, 0.1) is 0 Å². The molecule has 0 unspecified atom stereocenters. The molecule has 0 amide bonds. The van der Waals surface area contributed by atoms with Gasteiger partial charge in [-0.15, -0.1) is 0 Å². The number of methoxy groups -OCH3 is 1. The average Bonchev–Trinajstić information content (AvgIpc) is 2.28. The van der Waals surface area contributed by atoms with Gasteiger partial charge >= 0.3 is 0 Å². The molecule has 0 spiro atoms. The Kier molecular flexibility index (Phi) is 5.35. The fourth-order valence-corrected chi connectivity index (χ4v) is 1.80. The summed E-state index contributed by atoms with van der Waals surface area (Å²) >= 11 is 6.06. The van der Waals surface area contributed by atoms with Crippen LogP contribution in [0.5, 0.6) is 5.88 Å². The molecule has 0 radical (unpaired) electrons. The lowest BCUT2D eigenvalue weighted by Crippen LogP contribution is -2.25. The maximum atomic E-state index is 6.06. The summed E-state index contributed by atoms with van der Waals surface area (Å²) in [7, 11) is 1.70. The van der Waals surface area contributed by atoms with Crippen LogP contribution in [-0.4, -0.2) is 29.3 Å². The first-order valence-corrected chi connectivity index (χ1v) is 6.43. The van der Waals surface area contributed by atoms with E-state index in [0.717, 1.165) is 12.0 Å². The normalized spacial score (nSPS) is 11.9. The molecule has 0 atom stereocenters. The molecule has 1 heterocycles. The monoisotopic (exact) mass is 272 g/mol. The van der Waals surface area contributed by atoms with E-state index in [1.165, 1.54) is 6.33 Å². The van der Waals surface area contributed by atoms with Gasteiger partial charge in [0.1, 0.15) is 11.5 Å². The molecule has 0 N–H and O–H groups in total. The Bertz CT molecular complexity index is 395. The van der Waals surface area contributed by atoms with Crippen molar-refractivity contribution in [1.82, 2.24) is 9.97 Å². The molecule has 102 valence electrons. The Labute approximate surface area is 114 Å². The third-order valence-electron chi connectivity index (χ3n) is 2.87. The van der Waals surface area contributed by atoms with Gasteiger partial charge in [0.25, 0.3) is 0 Å². The number of halogens is 1. The summed E-state index contributed by atoms with van der Waals surface area (Å²) in [5.74, 6) is 0.793. The molecule has 0 aromatic carbocycles. The van der Waals surface area contributed by atoms with Crippen molar-refractivity contribution in [3.63, 3.8) is 0 Å². The molecule has 0 aliphatic carbocycles. The lowest BCUT2D eigenvalue weighted by molar-refractivity contribution is 0.00497. The first-order chi connectivity index (χ1) is 8.37. The largest absolute Gasteiger partial charge is 0.477 e. The minimum absolute atomic E-state index is 0.200. The second-order valence-corrected chi connectivity index (χ2v) is 5.46. The molecule has 18 heavy (non-hydrogen) atoms. The van der Waals surface area contributed by atoms with Gasteiger partial charge in [-0.2, -0.15) is 0 Å². The fraction of sp³-hybridized carbons (Fsp3) is 0.692. The van der Waals surface area contributed by atoms with E-state index in [2.05, 4.69) is 9.97 Å². The van der Waals surface area contributed by atoms with Gasteiger partial charge in [0.05, 0.1) is 17.8 Å². The zero-order valence-corrected chi connectivity index (χ0v) is 12.4. The number of hydrogen-bond acceptors (Lipinski definition) is 4. The highest BCUT2D eigenvalue weighted by atomic mass is 35.5. The van der Waals surface area contributed by atoms with Crippen LogP contribution >= 0.6 is 11.6 Å². The molecule has 0 saturated carbocycles. The van der Waals surface area contributed by atoms with Gasteiger partial charge in [-0.3, -0.25) is 0 Å². The highest BCUT2D eigenvalue weighted by Gasteiger charge is 2.18. The third kappa shape index (κ3) is 4.10. The SMILES string of the molecule is COC(C)(C)CCOc1ncnc(Cl)c1C(C)C. The molecular formula is C13H21ClN2O2. The van der Waals surface area contributed by atoms with Crippen molar-refractivity contribution in [2.75, 3.05) is 13.7 Å². The Morgan fingerprint density at radius 3 is 2.56 bits per heavy atom. The van der Waals surface area contributed by atoms with Gasteiger partial charge in [-0.25, -0.2) is 9.97 Å². The van der Waals surface area contributed by atoms with E-state index in [1.54, 1.807) is 7.11 Å². The van der Waals surface area contributed by atoms with Crippen LogP contribution in [0.3, 0.4) is 0 Å². The quantitative estimate of drug-likeness (QED) is 0.744.